The Balaban J connectivity index is 0.000000342. The van der Waals surface area contributed by atoms with Gasteiger partial charge in [-0.15, -0.1) is 0 Å². The number of carbonyl (C=O) groups excluding carboxylic acids is 2. The summed E-state index contributed by atoms with van der Waals surface area (Å²) in [7, 11) is 1.34. The topological polar surface area (TPSA) is 91.2 Å². The van der Waals surface area contributed by atoms with E-state index in [0.29, 0.717) is 31.8 Å². The second-order valence-corrected chi connectivity index (χ2v) is 3.78. The van der Waals surface area contributed by atoms with Crippen LogP contribution >= 0.6 is 0 Å². The third kappa shape index (κ3) is 9.99. The van der Waals surface area contributed by atoms with E-state index >= 15 is 0 Å². The maximum absolute atomic E-state index is 10.7. The summed E-state index contributed by atoms with van der Waals surface area (Å²) in [5, 5.41) is 0. The molecule has 0 aromatic rings. The van der Waals surface area contributed by atoms with E-state index in [9.17, 15) is 9.59 Å². The Kier molecular flexibility index (Phi) is 9.38. The smallest absolute Gasteiger partial charge is 0.333 e. The lowest BCUT2D eigenvalue weighted by Crippen LogP contribution is -2.06. The third-order valence-corrected chi connectivity index (χ3v) is 2.14. The molecule has 19 heavy (non-hydrogen) atoms. The molecule has 1 aliphatic heterocycles. The number of rotatable bonds is 7. The van der Waals surface area contributed by atoms with Crippen LogP contribution in [0.2, 0.25) is 0 Å². The minimum absolute atomic E-state index is 0.147. The second kappa shape index (κ2) is 10.3. The Morgan fingerprint density at radius 1 is 1.53 bits per heavy atom. The van der Waals surface area contributed by atoms with Crippen molar-refractivity contribution in [2.75, 3.05) is 26.9 Å². The minimum Gasteiger partial charge on any atom is -0.466 e. The molecule has 0 amide bonds. The molecule has 0 aliphatic carbocycles. The fourth-order valence-corrected chi connectivity index (χ4v) is 0.960. The molecule has 0 saturated carbocycles. The number of ether oxygens (including phenoxy) is 3. The van der Waals surface area contributed by atoms with Gasteiger partial charge in [0, 0.05) is 11.6 Å². The van der Waals surface area contributed by atoms with Gasteiger partial charge in [0.1, 0.15) is 12.7 Å². The van der Waals surface area contributed by atoms with E-state index in [-0.39, 0.29) is 18.0 Å². The molecule has 1 aliphatic rings. The highest BCUT2D eigenvalue weighted by molar-refractivity contribution is 5.87. The first-order valence-corrected chi connectivity index (χ1v) is 5.92. The average Bonchev–Trinajstić information content (AvgIpc) is 3.25. The Labute approximate surface area is 113 Å². The van der Waals surface area contributed by atoms with Crippen molar-refractivity contribution in [1.29, 1.82) is 0 Å². The monoisotopic (exact) mass is 271 g/mol. The van der Waals surface area contributed by atoms with Crippen molar-refractivity contribution in [2.24, 2.45) is 5.73 Å². The van der Waals surface area contributed by atoms with Gasteiger partial charge in [0.05, 0.1) is 13.7 Å². The number of hydrogen-bond donors (Lipinski definition) is 1. The molecule has 0 aromatic carbocycles. The number of carbonyl (C=O) groups is 2. The van der Waals surface area contributed by atoms with Gasteiger partial charge in [0.25, 0.3) is 0 Å². The van der Waals surface area contributed by atoms with E-state index in [0.717, 1.165) is 12.5 Å². The number of hydrogen-bond acceptors (Lipinski definition) is 6. The van der Waals surface area contributed by atoms with Crippen LogP contribution < -0.4 is 5.73 Å². The first-order chi connectivity index (χ1) is 9.04. The van der Waals surface area contributed by atoms with Crippen LogP contribution in [0.1, 0.15) is 12.8 Å². The second-order valence-electron chi connectivity index (χ2n) is 3.78. The summed E-state index contributed by atoms with van der Waals surface area (Å²) in [6.07, 6.45) is 2.70. The first kappa shape index (κ1) is 17.3. The molecule has 1 rings (SSSR count). The molecule has 0 aromatic heterocycles. The van der Waals surface area contributed by atoms with Crippen molar-refractivity contribution in [3.8, 4) is 0 Å². The Hall–Kier alpha value is -1.66. The fraction of sp³-hybridized carbons (Fsp3) is 0.538. The number of nitrogens with two attached hydrogens (primary N) is 1. The van der Waals surface area contributed by atoms with E-state index in [1.807, 2.05) is 0 Å². The van der Waals surface area contributed by atoms with Gasteiger partial charge < -0.3 is 19.9 Å². The van der Waals surface area contributed by atoms with Gasteiger partial charge in [0.15, 0.2) is 0 Å². The molecular formula is C13H21NO5. The quantitative estimate of drug-likeness (QED) is 0.413. The minimum atomic E-state index is -0.384. The molecule has 1 saturated heterocycles. The largest absolute Gasteiger partial charge is 0.466 e. The summed E-state index contributed by atoms with van der Waals surface area (Å²) in [5.41, 5.74) is 5.72. The molecule has 6 nitrogen and oxygen atoms in total. The van der Waals surface area contributed by atoms with E-state index in [4.69, 9.17) is 10.5 Å². The lowest BCUT2D eigenvalue weighted by Gasteiger charge is -2.00. The van der Waals surface area contributed by atoms with Gasteiger partial charge in [-0.25, -0.2) is 9.59 Å². The van der Waals surface area contributed by atoms with E-state index in [1.165, 1.54) is 7.11 Å². The van der Waals surface area contributed by atoms with Crippen LogP contribution in [0.25, 0.3) is 0 Å². The molecule has 6 heteroatoms. The normalized spacial score (nSPS) is 15.6. The zero-order valence-electron chi connectivity index (χ0n) is 11.2. The summed E-state index contributed by atoms with van der Waals surface area (Å²) in [6, 6.07) is 0. The van der Waals surface area contributed by atoms with Crippen molar-refractivity contribution in [1.82, 2.24) is 0 Å². The van der Waals surface area contributed by atoms with Crippen LogP contribution in [0.15, 0.2) is 24.8 Å². The molecule has 1 fully saturated rings. The summed E-state index contributed by atoms with van der Waals surface area (Å²) in [6.45, 7) is 8.43. The Morgan fingerprint density at radius 2 is 2.16 bits per heavy atom. The highest BCUT2D eigenvalue weighted by atomic mass is 16.6. The van der Waals surface area contributed by atoms with Crippen LogP contribution in [0.4, 0.5) is 0 Å². The lowest BCUT2D eigenvalue weighted by atomic mass is 10.2. The maximum atomic E-state index is 10.7. The maximum Gasteiger partial charge on any atom is 0.333 e. The van der Waals surface area contributed by atoms with Crippen LogP contribution in [0.5, 0.6) is 0 Å². The lowest BCUT2D eigenvalue weighted by molar-refractivity contribution is -0.138. The molecule has 1 unspecified atom stereocenters. The number of esters is 2. The fourth-order valence-electron chi connectivity index (χ4n) is 0.960. The van der Waals surface area contributed by atoms with Gasteiger partial charge >= 0.3 is 11.9 Å². The SMILES string of the molecule is C=C(CCCN)C(=O)OC.C=CC(=O)OCC1CO1. The van der Waals surface area contributed by atoms with Crippen LogP contribution in [0.3, 0.4) is 0 Å². The standard InChI is InChI=1S/C7H13NO2.C6H8O3/c1-6(4-3-5-8)7(9)10-2;1-2-6(7)9-4-5-3-8-5/h1,3-5,8H2,2H3;2,5H,1,3-4H2. The van der Waals surface area contributed by atoms with Gasteiger partial charge in [-0.1, -0.05) is 13.2 Å². The van der Waals surface area contributed by atoms with Crippen molar-refractivity contribution >= 4 is 11.9 Å². The Morgan fingerprint density at radius 3 is 2.58 bits per heavy atom. The first-order valence-electron chi connectivity index (χ1n) is 5.92. The summed E-state index contributed by atoms with van der Waals surface area (Å²) in [4.78, 5) is 21.0. The van der Waals surface area contributed by atoms with Gasteiger partial charge in [0.2, 0.25) is 0 Å². The molecule has 0 spiro atoms. The van der Waals surface area contributed by atoms with Gasteiger partial charge in [-0.05, 0) is 19.4 Å². The van der Waals surface area contributed by atoms with E-state index in [2.05, 4.69) is 22.6 Å². The van der Waals surface area contributed by atoms with E-state index in [1.54, 1.807) is 0 Å². The van der Waals surface area contributed by atoms with Crippen LogP contribution in [-0.4, -0.2) is 44.9 Å². The molecule has 108 valence electrons. The third-order valence-electron chi connectivity index (χ3n) is 2.14. The Bertz CT molecular complexity index is 323. The van der Waals surface area contributed by atoms with Crippen molar-refractivity contribution in [3.05, 3.63) is 24.8 Å². The van der Waals surface area contributed by atoms with Crippen molar-refractivity contribution in [2.45, 2.75) is 18.9 Å². The highest BCUT2D eigenvalue weighted by Crippen LogP contribution is 2.08. The summed E-state index contributed by atoms with van der Waals surface area (Å²) < 4.78 is 13.9. The summed E-state index contributed by atoms with van der Waals surface area (Å²) in [5.74, 6) is -0.723. The van der Waals surface area contributed by atoms with Gasteiger partial charge in [-0.3, -0.25) is 0 Å². The molecule has 1 heterocycles. The average molecular weight is 271 g/mol. The van der Waals surface area contributed by atoms with Crippen LogP contribution in [-0.2, 0) is 23.8 Å². The molecule has 0 radical (unpaired) electrons. The molecule has 1 atom stereocenters. The van der Waals surface area contributed by atoms with Crippen molar-refractivity contribution < 1.29 is 23.8 Å². The number of methoxy groups -OCH3 is 1. The van der Waals surface area contributed by atoms with Crippen LogP contribution in [0, 0.1) is 0 Å². The molecule has 2 N–H and O–H groups in total. The van der Waals surface area contributed by atoms with Gasteiger partial charge in [-0.2, -0.15) is 0 Å². The predicted molar refractivity (Wildman–Crippen MR) is 70.3 cm³/mol. The molecular weight excluding hydrogens is 250 g/mol. The zero-order valence-corrected chi connectivity index (χ0v) is 11.2. The highest BCUT2D eigenvalue weighted by Gasteiger charge is 2.23. The number of epoxide rings is 1. The zero-order chi connectivity index (χ0) is 14.7. The van der Waals surface area contributed by atoms with Crippen molar-refractivity contribution in [3.63, 3.8) is 0 Å². The summed E-state index contributed by atoms with van der Waals surface area (Å²) >= 11 is 0. The van der Waals surface area contributed by atoms with E-state index < -0.39 is 0 Å². The molecule has 0 bridgehead atoms. The predicted octanol–water partition coefficient (Wildman–Crippen LogP) is 0.569.